The lowest BCUT2D eigenvalue weighted by molar-refractivity contribution is -0.163. The zero-order valence-corrected chi connectivity index (χ0v) is 35.7. The average molecular weight is 786 g/mol. The van der Waals surface area contributed by atoms with Crippen LogP contribution in [0.25, 0.3) is 0 Å². The van der Waals surface area contributed by atoms with Gasteiger partial charge >= 0.3 is 11.9 Å². The van der Waals surface area contributed by atoms with Crippen LogP contribution in [0.1, 0.15) is 68.4 Å². The maximum atomic E-state index is 14.6. The lowest BCUT2D eigenvalue weighted by atomic mass is 9.85. The summed E-state index contributed by atoms with van der Waals surface area (Å²) >= 11 is 0. The first-order valence-electron chi connectivity index (χ1n) is 19.8. The fourth-order valence-electron chi connectivity index (χ4n) is 6.79. The molecule has 0 aliphatic rings. The minimum atomic E-state index is -1.08. The minimum absolute atomic E-state index is 0.0500. The van der Waals surface area contributed by atoms with E-state index in [-0.39, 0.29) is 42.6 Å². The molecule has 0 aromatic heterocycles. The van der Waals surface area contributed by atoms with Crippen LogP contribution in [0.3, 0.4) is 0 Å². The Kier molecular flexibility index (Phi) is 17.5. The second-order valence-electron chi connectivity index (χ2n) is 15.9. The number of nitrogens with zero attached hydrogens (tertiary/aromatic N) is 3. The number of phenols is 1. The van der Waals surface area contributed by atoms with Gasteiger partial charge in [0.05, 0.1) is 7.11 Å². The summed E-state index contributed by atoms with van der Waals surface area (Å²) < 4.78 is 11.2. The molecule has 1 N–H and O–H groups in total. The highest BCUT2D eigenvalue weighted by molar-refractivity contribution is 5.94. The summed E-state index contributed by atoms with van der Waals surface area (Å²) in [4.78, 5) is 74.7. The Morgan fingerprint density at radius 1 is 0.632 bits per heavy atom. The molecule has 3 rings (SSSR count). The Hall–Kier alpha value is -5.03. The highest BCUT2D eigenvalue weighted by atomic mass is 16.5. The standard InChI is InChI=1S/C46H63N3O8/c1-12-32(6)42(57-46(55)39(47(7)8)26-33-17-13-30(4)14-18-33)41(51)28-37(29(2)3)43(52)48(9)38(25-35-21-23-36(50)24-22-35)44(53)49(10)40(45(54)56-11)27-34-19-15-31(5)16-20-34/h13-24,29,32,37-40,42,50H,12,25-28H2,1-11H3/t32-,37+,38-,39-,40+,42-/m0/s1. The molecule has 3 aromatic carbocycles. The second-order valence-corrected chi connectivity index (χ2v) is 15.9. The number of likely N-dealkylation sites (N-methyl/N-ethyl adjacent to an activating group) is 3. The van der Waals surface area contributed by atoms with Gasteiger partial charge in [-0.1, -0.05) is 99.5 Å². The second kappa shape index (κ2) is 21.5. The molecule has 0 saturated heterocycles. The van der Waals surface area contributed by atoms with E-state index < -0.39 is 53.9 Å². The van der Waals surface area contributed by atoms with Gasteiger partial charge in [0.2, 0.25) is 11.8 Å². The molecule has 2 amide bonds. The Balaban J connectivity index is 1.93. The van der Waals surface area contributed by atoms with E-state index in [1.54, 1.807) is 31.1 Å². The number of methoxy groups -OCH3 is 1. The summed E-state index contributed by atoms with van der Waals surface area (Å²) in [5.41, 5.74) is 4.63. The van der Waals surface area contributed by atoms with Crippen LogP contribution in [0.15, 0.2) is 72.8 Å². The van der Waals surface area contributed by atoms with Gasteiger partial charge in [-0.3, -0.25) is 24.1 Å². The molecule has 11 nitrogen and oxygen atoms in total. The number of amides is 2. The third kappa shape index (κ3) is 13.0. The Bertz CT molecular complexity index is 1790. The Morgan fingerprint density at radius 2 is 1.07 bits per heavy atom. The van der Waals surface area contributed by atoms with Crippen LogP contribution in [0.4, 0.5) is 0 Å². The van der Waals surface area contributed by atoms with E-state index in [2.05, 4.69) is 0 Å². The fraction of sp³-hybridized carbons (Fsp3) is 0.500. The van der Waals surface area contributed by atoms with Crippen molar-refractivity contribution in [2.75, 3.05) is 35.3 Å². The van der Waals surface area contributed by atoms with Crippen molar-refractivity contribution in [3.8, 4) is 5.75 Å². The smallest absolute Gasteiger partial charge is 0.328 e. The molecule has 0 bridgehead atoms. The topological polar surface area (TPSA) is 134 Å². The van der Waals surface area contributed by atoms with Crippen LogP contribution in [-0.4, -0.2) is 109 Å². The number of hydrogen-bond acceptors (Lipinski definition) is 9. The summed E-state index contributed by atoms with van der Waals surface area (Å²) in [7, 11) is 7.92. The van der Waals surface area contributed by atoms with Gasteiger partial charge in [-0.25, -0.2) is 4.79 Å². The molecule has 11 heteroatoms. The lowest BCUT2D eigenvalue weighted by Crippen LogP contribution is -2.55. The van der Waals surface area contributed by atoms with E-state index in [1.807, 2.05) is 90.1 Å². The summed E-state index contributed by atoms with van der Waals surface area (Å²) in [5.74, 6) is -3.85. The fourth-order valence-corrected chi connectivity index (χ4v) is 6.79. The molecule has 0 aliphatic carbocycles. The maximum Gasteiger partial charge on any atom is 0.328 e. The van der Waals surface area contributed by atoms with E-state index in [9.17, 15) is 29.1 Å². The SMILES string of the molecule is CC[C@H](C)[C@H](OC(=O)[C@H](Cc1ccc(C)cc1)N(C)C)C(=O)C[C@@H](C(=O)N(C)[C@@H](Cc1ccc(O)cc1)C(=O)N(C)[C@H](Cc1ccc(C)cc1)C(=O)OC)C(C)C. The lowest BCUT2D eigenvalue weighted by Gasteiger charge is -2.36. The molecular weight excluding hydrogens is 723 g/mol. The van der Waals surface area contributed by atoms with Crippen LogP contribution in [0.5, 0.6) is 5.75 Å². The molecule has 3 aromatic rings. The van der Waals surface area contributed by atoms with E-state index >= 15 is 0 Å². The predicted octanol–water partition coefficient (Wildman–Crippen LogP) is 5.98. The number of aryl methyl sites for hydroxylation is 2. The first-order chi connectivity index (χ1) is 26.9. The monoisotopic (exact) mass is 785 g/mol. The molecule has 0 spiro atoms. The number of phenolic OH excluding ortho intramolecular Hbond substituents is 1. The summed E-state index contributed by atoms with van der Waals surface area (Å²) in [6.07, 6.45) is -0.0562. The number of esters is 2. The van der Waals surface area contributed by atoms with Crippen LogP contribution in [-0.2, 0) is 52.7 Å². The van der Waals surface area contributed by atoms with Crippen molar-refractivity contribution < 1.29 is 38.6 Å². The van der Waals surface area contributed by atoms with Crippen molar-refractivity contribution in [2.45, 2.75) is 97.9 Å². The Morgan fingerprint density at radius 3 is 1.51 bits per heavy atom. The summed E-state index contributed by atoms with van der Waals surface area (Å²) in [5, 5.41) is 9.95. The van der Waals surface area contributed by atoms with Crippen molar-refractivity contribution >= 4 is 29.5 Å². The van der Waals surface area contributed by atoms with E-state index in [0.29, 0.717) is 18.4 Å². The largest absolute Gasteiger partial charge is 0.508 e. The van der Waals surface area contributed by atoms with E-state index in [1.165, 1.54) is 43.1 Å². The molecule has 57 heavy (non-hydrogen) atoms. The van der Waals surface area contributed by atoms with Crippen LogP contribution in [0.2, 0.25) is 0 Å². The van der Waals surface area contributed by atoms with Gasteiger partial charge < -0.3 is 24.4 Å². The van der Waals surface area contributed by atoms with E-state index in [0.717, 1.165) is 22.3 Å². The van der Waals surface area contributed by atoms with Gasteiger partial charge in [0.15, 0.2) is 11.9 Å². The number of ketones is 1. The summed E-state index contributed by atoms with van der Waals surface area (Å²) in [6, 6.07) is 19.2. The van der Waals surface area contributed by atoms with E-state index in [4.69, 9.17) is 9.47 Å². The first kappa shape index (κ1) is 46.4. The quantitative estimate of drug-likeness (QED) is 0.137. The normalized spacial score (nSPS) is 14.5. The van der Waals surface area contributed by atoms with Gasteiger partial charge in [0, 0.05) is 45.2 Å². The molecule has 6 atom stereocenters. The van der Waals surface area contributed by atoms with Crippen molar-refractivity contribution in [2.24, 2.45) is 17.8 Å². The predicted molar refractivity (Wildman–Crippen MR) is 221 cm³/mol. The van der Waals surface area contributed by atoms with Gasteiger partial charge in [-0.15, -0.1) is 0 Å². The van der Waals surface area contributed by atoms with Crippen molar-refractivity contribution in [1.29, 1.82) is 0 Å². The highest BCUT2D eigenvalue weighted by Crippen LogP contribution is 2.26. The van der Waals surface area contributed by atoms with Crippen molar-refractivity contribution in [1.82, 2.24) is 14.7 Å². The molecule has 0 fully saturated rings. The minimum Gasteiger partial charge on any atom is -0.508 e. The van der Waals surface area contributed by atoms with Gasteiger partial charge in [-0.2, -0.15) is 0 Å². The number of hydrogen-bond donors (Lipinski definition) is 1. The third-order valence-electron chi connectivity index (χ3n) is 11.0. The molecule has 0 saturated carbocycles. The van der Waals surface area contributed by atoms with Crippen LogP contribution >= 0.6 is 0 Å². The zero-order chi connectivity index (χ0) is 42.6. The molecule has 0 aliphatic heterocycles. The number of rotatable bonds is 20. The molecule has 310 valence electrons. The number of carbonyl (C=O) groups excluding carboxylic acids is 5. The number of carbonyl (C=O) groups is 5. The number of Topliss-reactive ketones (excluding diaryl/α,β-unsaturated/α-hetero) is 1. The maximum absolute atomic E-state index is 14.6. The van der Waals surface area contributed by atoms with Crippen molar-refractivity contribution in [3.63, 3.8) is 0 Å². The van der Waals surface area contributed by atoms with Crippen molar-refractivity contribution in [3.05, 3.63) is 101 Å². The molecular formula is C46H63N3O8. The van der Waals surface area contributed by atoms with Gasteiger partial charge in [0.25, 0.3) is 0 Å². The number of benzene rings is 3. The first-order valence-corrected chi connectivity index (χ1v) is 19.8. The molecule has 0 unspecified atom stereocenters. The highest BCUT2D eigenvalue weighted by Gasteiger charge is 2.40. The van der Waals surface area contributed by atoms with Gasteiger partial charge in [0.1, 0.15) is 23.9 Å². The third-order valence-corrected chi connectivity index (χ3v) is 11.0. The molecule has 0 radical (unpaired) electrons. The van der Waals surface area contributed by atoms with Gasteiger partial charge in [-0.05, 0) is 75.5 Å². The zero-order valence-electron chi connectivity index (χ0n) is 35.7. The summed E-state index contributed by atoms with van der Waals surface area (Å²) in [6.45, 7) is 11.4. The Labute approximate surface area is 339 Å². The average Bonchev–Trinajstić information content (AvgIpc) is 3.19. The number of aromatic hydroxyl groups is 1. The van der Waals surface area contributed by atoms with Crippen LogP contribution < -0.4 is 0 Å². The number of ether oxygens (including phenoxy) is 2. The molecule has 0 heterocycles. The van der Waals surface area contributed by atoms with Crippen LogP contribution in [0, 0.1) is 31.6 Å².